The van der Waals surface area contributed by atoms with Crippen molar-refractivity contribution < 1.29 is 13.9 Å². The Morgan fingerprint density at radius 2 is 2.24 bits per heavy atom. The summed E-state index contributed by atoms with van der Waals surface area (Å²) in [6, 6.07) is 3.25. The number of ether oxygens (including phenoxy) is 1. The average molecular weight is 300 g/mol. The van der Waals surface area contributed by atoms with Crippen LogP contribution >= 0.6 is 15.9 Å². The van der Waals surface area contributed by atoms with Gasteiger partial charge in [-0.15, -0.1) is 0 Å². The molecule has 0 radical (unpaired) electrons. The van der Waals surface area contributed by atoms with E-state index in [1.165, 1.54) is 7.11 Å². The van der Waals surface area contributed by atoms with Crippen molar-refractivity contribution in [3.63, 3.8) is 0 Å². The molecule has 0 bridgehead atoms. The highest BCUT2D eigenvalue weighted by atomic mass is 79.9. The zero-order valence-corrected chi connectivity index (χ0v) is 10.9. The third kappa shape index (κ3) is 1.90. The third-order valence-corrected chi connectivity index (χ3v) is 3.79. The first-order chi connectivity index (χ1) is 8.14. The minimum Gasteiger partial charge on any atom is -0.496 e. The van der Waals surface area contributed by atoms with E-state index < -0.39 is 11.4 Å². The van der Waals surface area contributed by atoms with Crippen LogP contribution in [-0.2, 0) is 10.3 Å². The number of methoxy groups -OCH3 is 1. The summed E-state index contributed by atoms with van der Waals surface area (Å²) in [4.78, 5) is 14.3. The molecule has 2 rings (SSSR count). The number of carbonyl (C=O) groups excluding carboxylic acids is 1. The van der Waals surface area contributed by atoms with Gasteiger partial charge in [-0.2, -0.15) is 4.99 Å². The molecule has 3 nitrogen and oxygen atoms in total. The lowest BCUT2D eigenvalue weighted by molar-refractivity contribution is 0.237. The van der Waals surface area contributed by atoms with E-state index in [0.717, 1.165) is 6.42 Å². The molecule has 0 N–H and O–H groups in total. The summed E-state index contributed by atoms with van der Waals surface area (Å²) < 4.78 is 19.7. The lowest BCUT2D eigenvalue weighted by Crippen LogP contribution is -2.33. The molecule has 5 heteroatoms. The zero-order valence-electron chi connectivity index (χ0n) is 9.30. The molecule has 0 aliphatic heterocycles. The fourth-order valence-electron chi connectivity index (χ4n) is 2.15. The Labute approximate surface area is 107 Å². The molecule has 1 aliphatic carbocycles. The van der Waals surface area contributed by atoms with E-state index >= 15 is 0 Å². The summed E-state index contributed by atoms with van der Waals surface area (Å²) in [7, 11) is 1.48. The third-order valence-electron chi connectivity index (χ3n) is 3.18. The molecule has 0 heterocycles. The van der Waals surface area contributed by atoms with Gasteiger partial charge in [-0.1, -0.05) is 0 Å². The van der Waals surface area contributed by atoms with Crippen molar-refractivity contribution >= 4 is 22.0 Å². The molecule has 17 heavy (non-hydrogen) atoms. The van der Waals surface area contributed by atoms with Crippen molar-refractivity contribution in [1.29, 1.82) is 0 Å². The van der Waals surface area contributed by atoms with Crippen LogP contribution in [0.5, 0.6) is 5.75 Å². The molecule has 1 fully saturated rings. The minimum absolute atomic E-state index is 0.348. The van der Waals surface area contributed by atoms with E-state index in [1.54, 1.807) is 18.2 Å². The first kappa shape index (κ1) is 12.3. The Morgan fingerprint density at radius 3 is 2.71 bits per heavy atom. The predicted molar refractivity (Wildman–Crippen MR) is 64.3 cm³/mol. The fraction of sp³-hybridized carbons (Fsp3) is 0.417. The zero-order chi connectivity index (χ0) is 12.5. The van der Waals surface area contributed by atoms with E-state index in [9.17, 15) is 9.18 Å². The van der Waals surface area contributed by atoms with Crippen LogP contribution in [0.2, 0.25) is 0 Å². The Bertz CT molecular complexity index is 494. The monoisotopic (exact) mass is 299 g/mol. The maximum Gasteiger partial charge on any atom is 0.235 e. The standard InChI is InChI=1S/C12H11BrFNO2/c1-17-9-4-3-8(13)11(14)10(9)12(15-7-16)5-2-6-12/h3-4H,2,5-6H2,1H3. The fourth-order valence-corrected chi connectivity index (χ4v) is 2.48. The summed E-state index contributed by atoms with van der Waals surface area (Å²) in [5.74, 6) is 0.00690. The van der Waals surface area contributed by atoms with Gasteiger partial charge in [0.15, 0.2) is 0 Å². The van der Waals surface area contributed by atoms with Crippen LogP contribution in [0.1, 0.15) is 24.8 Å². The number of aliphatic imine (C=N–C) groups is 1. The first-order valence-corrected chi connectivity index (χ1v) is 6.05. The highest BCUT2D eigenvalue weighted by Gasteiger charge is 2.43. The van der Waals surface area contributed by atoms with Gasteiger partial charge >= 0.3 is 0 Å². The second-order valence-corrected chi connectivity index (χ2v) is 4.88. The molecule has 90 valence electrons. The number of nitrogens with zero attached hydrogens (tertiary/aromatic N) is 1. The summed E-state index contributed by atoms with van der Waals surface area (Å²) in [6.07, 6.45) is 3.75. The van der Waals surface area contributed by atoms with Crippen LogP contribution in [0.3, 0.4) is 0 Å². The molecule has 1 aliphatic rings. The summed E-state index contributed by atoms with van der Waals surface area (Å²) in [6.45, 7) is 0. The Morgan fingerprint density at radius 1 is 1.53 bits per heavy atom. The molecule has 0 atom stereocenters. The van der Waals surface area contributed by atoms with Gasteiger partial charge in [0.2, 0.25) is 6.08 Å². The van der Waals surface area contributed by atoms with Crippen LogP contribution in [0.25, 0.3) is 0 Å². The van der Waals surface area contributed by atoms with Crippen molar-refractivity contribution in [3.05, 3.63) is 28.0 Å². The molecular weight excluding hydrogens is 289 g/mol. The number of benzene rings is 1. The molecule has 0 spiro atoms. The van der Waals surface area contributed by atoms with Crippen molar-refractivity contribution in [2.75, 3.05) is 7.11 Å². The van der Waals surface area contributed by atoms with Gasteiger partial charge in [-0.3, -0.25) is 0 Å². The second kappa shape index (κ2) is 4.59. The van der Waals surface area contributed by atoms with Crippen LogP contribution in [0.4, 0.5) is 4.39 Å². The van der Waals surface area contributed by atoms with Crippen LogP contribution < -0.4 is 4.74 Å². The molecule has 1 aromatic rings. The number of hydrogen-bond acceptors (Lipinski definition) is 3. The quantitative estimate of drug-likeness (QED) is 0.634. The number of hydrogen-bond donors (Lipinski definition) is 0. The van der Waals surface area contributed by atoms with Gasteiger partial charge < -0.3 is 4.74 Å². The topological polar surface area (TPSA) is 38.7 Å². The van der Waals surface area contributed by atoms with E-state index in [2.05, 4.69) is 20.9 Å². The highest BCUT2D eigenvalue weighted by Crippen LogP contribution is 2.49. The van der Waals surface area contributed by atoms with Crippen molar-refractivity contribution in [2.24, 2.45) is 4.99 Å². The van der Waals surface area contributed by atoms with Crippen molar-refractivity contribution in [2.45, 2.75) is 24.8 Å². The summed E-state index contributed by atoms with van der Waals surface area (Å²) >= 11 is 3.14. The molecule has 0 unspecified atom stereocenters. The number of halogens is 2. The largest absolute Gasteiger partial charge is 0.496 e. The van der Waals surface area contributed by atoms with E-state index in [1.807, 2.05) is 0 Å². The lowest BCUT2D eigenvalue weighted by atomic mass is 9.72. The van der Waals surface area contributed by atoms with Gasteiger partial charge in [0.25, 0.3) is 0 Å². The average Bonchev–Trinajstić information content (AvgIpc) is 2.28. The van der Waals surface area contributed by atoms with Crippen molar-refractivity contribution in [3.8, 4) is 5.75 Å². The van der Waals surface area contributed by atoms with E-state index in [-0.39, 0.29) is 0 Å². The maximum atomic E-state index is 14.2. The number of rotatable bonds is 3. The summed E-state index contributed by atoms with van der Waals surface area (Å²) in [5.41, 5.74) is -0.440. The van der Waals surface area contributed by atoms with Gasteiger partial charge in [-0.25, -0.2) is 9.18 Å². The summed E-state index contributed by atoms with van der Waals surface area (Å²) in [5, 5.41) is 0. The van der Waals surface area contributed by atoms with Gasteiger partial charge in [0, 0.05) is 0 Å². The Hall–Kier alpha value is -1.19. The Balaban J connectivity index is 2.63. The molecular formula is C12H11BrFNO2. The maximum absolute atomic E-state index is 14.2. The second-order valence-electron chi connectivity index (χ2n) is 4.03. The van der Waals surface area contributed by atoms with Gasteiger partial charge in [-0.05, 0) is 47.3 Å². The highest BCUT2D eigenvalue weighted by molar-refractivity contribution is 9.10. The normalized spacial score (nSPS) is 16.9. The van der Waals surface area contributed by atoms with E-state index in [4.69, 9.17) is 4.74 Å². The smallest absolute Gasteiger partial charge is 0.235 e. The molecule has 1 saturated carbocycles. The first-order valence-electron chi connectivity index (χ1n) is 5.26. The minimum atomic E-state index is -0.791. The predicted octanol–water partition coefficient (Wildman–Crippen LogP) is 3.31. The molecule has 0 aromatic heterocycles. The van der Waals surface area contributed by atoms with Crippen LogP contribution in [0, 0.1) is 5.82 Å². The molecule has 0 amide bonds. The molecule has 0 saturated heterocycles. The van der Waals surface area contributed by atoms with Crippen molar-refractivity contribution in [1.82, 2.24) is 0 Å². The Kier molecular flexibility index (Phi) is 3.31. The van der Waals surface area contributed by atoms with Crippen LogP contribution in [-0.4, -0.2) is 13.2 Å². The SMILES string of the molecule is COc1ccc(Br)c(F)c1C1(N=C=O)CCC1. The van der Waals surface area contributed by atoms with Gasteiger partial charge in [0.05, 0.1) is 17.1 Å². The molecule has 1 aromatic carbocycles. The number of isocyanates is 1. The lowest BCUT2D eigenvalue weighted by Gasteiger charge is -2.38. The van der Waals surface area contributed by atoms with Gasteiger partial charge in [0.1, 0.15) is 17.1 Å². The van der Waals surface area contributed by atoms with Crippen LogP contribution in [0.15, 0.2) is 21.6 Å². The van der Waals surface area contributed by atoms with E-state index in [0.29, 0.717) is 28.6 Å².